The van der Waals surface area contributed by atoms with Crippen LogP contribution in [-0.4, -0.2) is 21.9 Å². The minimum Gasteiger partial charge on any atom is -0.362 e. The quantitative estimate of drug-likeness (QED) is 0.807. The lowest BCUT2D eigenvalue weighted by molar-refractivity contribution is 0.872. The molecule has 21 heavy (non-hydrogen) atoms. The van der Waals surface area contributed by atoms with Crippen molar-refractivity contribution in [3.63, 3.8) is 0 Å². The predicted molar refractivity (Wildman–Crippen MR) is 91.4 cm³/mol. The van der Waals surface area contributed by atoms with Crippen molar-refractivity contribution in [3.8, 4) is 0 Å². The van der Waals surface area contributed by atoms with Crippen LogP contribution in [0.25, 0.3) is 0 Å². The molecule has 0 unspecified atom stereocenters. The third-order valence-electron chi connectivity index (χ3n) is 2.63. The van der Waals surface area contributed by atoms with Crippen LogP contribution in [0.2, 0.25) is 15.1 Å². The zero-order valence-corrected chi connectivity index (χ0v) is 13.8. The molecule has 110 valence electrons. The van der Waals surface area contributed by atoms with Gasteiger partial charge in [-0.3, -0.25) is 0 Å². The summed E-state index contributed by atoms with van der Waals surface area (Å²) in [4.78, 5) is 0. The fourth-order valence-electron chi connectivity index (χ4n) is 1.63. The first-order valence-corrected chi connectivity index (χ1v) is 7.57. The minimum atomic E-state index is 0.403. The number of halogens is 3. The van der Waals surface area contributed by atoms with Crippen LogP contribution in [0.1, 0.15) is 5.56 Å². The molecule has 1 aromatic carbocycles. The fraction of sp³-hybridized carbons (Fsp3) is 0.154. The molecule has 0 atom stereocenters. The molecule has 0 saturated heterocycles. The molecule has 0 aliphatic carbocycles. The lowest BCUT2D eigenvalue weighted by Crippen LogP contribution is -2.30. The first-order valence-electron chi connectivity index (χ1n) is 6.03. The Bertz CT molecular complexity index is 631. The lowest BCUT2D eigenvalue weighted by Gasteiger charge is -2.11. The Hall–Kier alpha value is -1.14. The number of rotatable bonds is 4. The van der Waals surface area contributed by atoms with E-state index in [1.165, 1.54) is 6.20 Å². The van der Waals surface area contributed by atoms with Crippen LogP contribution in [-0.2, 0) is 6.42 Å². The minimum absolute atomic E-state index is 0.403. The van der Waals surface area contributed by atoms with Gasteiger partial charge in [0.05, 0.1) is 11.2 Å². The van der Waals surface area contributed by atoms with E-state index >= 15 is 0 Å². The molecule has 2 N–H and O–H groups in total. The summed E-state index contributed by atoms with van der Waals surface area (Å²) >= 11 is 23.3. The molecule has 0 aliphatic rings. The van der Waals surface area contributed by atoms with E-state index in [0.29, 0.717) is 39.0 Å². The lowest BCUT2D eigenvalue weighted by atomic mass is 10.1. The van der Waals surface area contributed by atoms with Gasteiger partial charge in [-0.25, -0.2) is 0 Å². The van der Waals surface area contributed by atoms with E-state index < -0.39 is 0 Å². The van der Waals surface area contributed by atoms with E-state index in [1.807, 2.05) is 6.07 Å². The summed E-state index contributed by atoms with van der Waals surface area (Å²) in [5.41, 5.74) is 0.883. The molecule has 2 rings (SSSR count). The standard InChI is InChI=1S/C13H11Cl3N4S/c14-9-2-1-3-10(15)8(9)4-6-17-13(21)19-12-11(16)5-7-18-20-12/h1-3,5,7H,4,6H2,(H2,17,19,20,21). The highest BCUT2D eigenvalue weighted by Gasteiger charge is 2.07. The van der Waals surface area contributed by atoms with Crippen molar-refractivity contribution in [1.29, 1.82) is 0 Å². The second kappa shape index (κ2) is 7.75. The number of anilines is 1. The van der Waals surface area contributed by atoms with Crippen molar-refractivity contribution >= 4 is 58.0 Å². The second-order valence-electron chi connectivity index (χ2n) is 4.06. The summed E-state index contributed by atoms with van der Waals surface area (Å²) < 4.78 is 0. The number of nitrogens with zero attached hydrogens (tertiary/aromatic N) is 2. The maximum absolute atomic E-state index is 6.10. The Morgan fingerprint density at radius 2 is 1.81 bits per heavy atom. The Labute approximate surface area is 142 Å². The Morgan fingerprint density at radius 3 is 2.48 bits per heavy atom. The molecule has 0 bridgehead atoms. The van der Waals surface area contributed by atoms with Crippen molar-refractivity contribution in [1.82, 2.24) is 15.5 Å². The molecule has 1 aromatic heterocycles. The monoisotopic (exact) mass is 360 g/mol. The molecule has 0 radical (unpaired) electrons. The molecular formula is C13H11Cl3N4S. The first-order chi connectivity index (χ1) is 10.1. The van der Waals surface area contributed by atoms with E-state index in [-0.39, 0.29) is 0 Å². The fourth-order valence-corrected chi connectivity index (χ4v) is 2.55. The molecule has 0 spiro atoms. The maximum atomic E-state index is 6.10. The SMILES string of the molecule is S=C(NCCc1c(Cl)cccc1Cl)Nc1nnccc1Cl. The third kappa shape index (κ3) is 4.68. The zero-order valence-electron chi connectivity index (χ0n) is 10.7. The topological polar surface area (TPSA) is 49.8 Å². The average molecular weight is 362 g/mol. The molecule has 0 fully saturated rings. The van der Waals surface area contributed by atoms with Gasteiger partial charge in [-0.15, -0.1) is 5.10 Å². The van der Waals surface area contributed by atoms with E-state index in [4.69, 9.17) is 47.0 Å². The Balaban J connectivity index is 1.86. The summed E-state index contributed by atoms with van der Waals surface area (Å²) in [6.07, 6.45) is 2.15. The van der Waals surface area contributed by atoms with Crippen molar-refractivity contribution < 1.29 is 0 Å². The van der Waals surface area contributed by atoms with Gasteiger partial charge in [0.25, 0.3) is 0 Å². The largest absolute Gasteiger partial charge is 0.362 e. The Kier molecular flexibility index (Phi) is 5.99. The highest BCUT2D eigenvalue weighted by Crippen LogP contribution is 2.24. The van der Waals surface area contributed by atoms with Gasteiger partial charge in [0, 0.05) is 16.6 Å². The van der Waals surface area contributed by atoms with Crippen molar-refractivity contribution in [2.75, 3.05) is 11.9 Å². The highest BCUT2D eigenvalue weighted by molar-refractivity contribution is 7.80. The third-order valence-corrected chi connectivity index (χ3v) is 3.89. The number of aromatic nitrogens is 2. The van der Waals surface area contributed by atoms with Crippen molar-refractivity contribution in [2.45, 2.75) is 6.42 Å². The normalized spacial score (nSPS) is 10.2. The average Bonchev–Trinajstić information content (AvgIpc) is 2.45. The summed E-state index contributed by atoms with van der Waals surface area (Å²) in [6, 6.07) is 7.05. The summed E-state index contributed by atoms with van der Waals surface area (Å²) in [5, 5.41) is 15.6. The highest BCUT2D eigenvalue weighted by atomic mass is 35.5. The van der Waals surface area contributed by atoms with Gasteiger partial charge in [0.1, 0.15) is 0 Å². The van der Waals surface area contributed by atoms with E-state index in [2.05, 4.69) is 20.8 Å². The van der Waals surface area contributed by atoms with Crippen LogP contribution in [0.3, 0.4) is 0 Å². The smallest absolute Gasteiger partial charge is 0.173 e. The molecule has 0 amide bonds. The molecule has 8 heteroatoms. The predicted octanol–water partition coefficient (Wildman–Crippen LogP) is 3.97. The summed E-state index contributed by atoms with van der Waals surface area (Å²) in [5.74, 6) is 0.410. The van der Waals surface area contributed by atoms with Crippen LogP contribution in [0.15, 0.2) is 30.5 Å². The number of hydrogen-bond donors (Lipinski definition) is 2. The van der Waals surface area contributed by atoms with E-state index in [1.54, 1.807) is 18.2 Å². The summed E-state index contributed by atoms with van der Waals surface area (Å²) in [7, 11) is 0. The molecule has 1 heterocycles. The number of benzene rings is 1. The molecular weight excluding hydrogens is 351 g/mol. The van der Waals surface area contributed by atoms with Gasteiger partial charge in [-0.1, -0.05) is 40.9 Å². The van der Waals surface area contributed by atoms with Crippen molar-refractivity contribution in [3.05, 3.63) is 51.1 Å². The van der Waals surface area contributed by atoms with Gasteiger partial charge in [0.15, 0.2) is 10.9 Å². The number of nitrogens with one attached hydrogen (secondary N) is 2. The molecule has 4 nitrogen and oxygen atoms in total. The van der Waals surface area contributed by atoms with Gasteiger partial charge >= 0.3 is 0 Å². The van der Waals surface area contributed by atoms with Gasteiger partial charge in [0.2, 0.25) is 0 Å². The van der Waals surface area contributed by atoms with Crippen LogP contribution in [0, 0.1) is 0 Å². The van der Waals surface area contributed by atoms with Crippen LogP contribution in [0.4, 0.5) is 5.82 Å². The number of hydrogen-bond acceptors (Lipinski definition) is 3. The van der Waals surface area contributed by atoms with E-state index in [0.717, 1.165) is 5.56 Å². The molecule has 2 aromatic rings. The van der Waals surface area contributed by atoms with Gasteiger partial charge in [-0.05, 0) is 42.4 Å². The van der Waals surface area contributed by atoms with Crippen LogP contribution >= 0.6 is 47.0 Å². The van der Waals surface area contributed by atoms with Crippen LogP contribution < -0.4 is 10.6 Å². The second-order valence-corrected chi connectivity index (χ2v) is 5.69. The molecule has 0 saturated carbocycles. The van der Waals surface area contributed by atoms with Gasteiger partial charge in [-0.2, -0.15) is 5.10 Å². The summed E-state index contributed by atoms with van der Waals surface area (Å²) in [6.45, 7) is 0.577. The maximum Gasteiger partial charge on any atom is 0.173 e. The van der Waals surface area contributed by atoms with Crippen LogP contribution in [0.5, 0.6) is 0 Å². The van der Waals surface area contributed by atoms with Gasteiger partial charge < -0.3 is 10.6 Å². The van der Waals surface area contributed by atoms with Crippen molar-refractivity contribution in [2.24, 2.45) is 0 Å². The number of thiocarbonyl (C=S) groups is 1. The Morgan fingerprint density at radius 1 is 1.10 bits per heavy atom. The zero-order chi connectivity index (χ0) is 15.2. The molecule has 0 aliphatic heterocycles. The van der Waals surface area contributed by atoms with E-state index in [9.17, 15) is 0 Å². The first kappa shape index (κ1) is 16.2.